The van der Waals surface area contributed by atoms with Gasteiger partial charge in [0.05, 0.1) is 6.61 Å². The van der Waals surface area contributed by atoms with E-state index in [1.807, 2.05) is 19.2 Å². The quantitative estimate of drug-likeness (QED) is 0.649. The predicted octanol–water partition coefficient (Wildman–Crippen LogP) is 2.87. The summed E-state index contributed by atoms with van der Waals surface area (Å²) in [5.41, 5.74) is 3.43. The molecule has 3 rings (SSSR count). The maximum absolute atomic E-state index is 13.1. The molecule has 6 heteroatoms. The standard InChI is InChI=1S/C21H27FN4O/c1-23-21(24-15-17-4-3-5-18(14-17)16-27-2)26-12-10-25(11-13-26)20-8-6-19(22)7-9-20/h3-9,14H,10-13,15-16H2,1-2H3,(H,23,24). The Morgan fingerprint density at radius 3 is 2.44 bits per heavy atom. The van der Waals surface area contributed by atoms with Crippen LogP contribution in [0.15, 0.2) is 53.5 Å². The van der Waals surface area contributed by atoms with Crippen molar-refractivity contribution in [1.82, 2.24) is 10.2 Å². The van der Waals surface area contributed by atoms with Gasteiger partial charge in [-0.2, -0.15) is 0 Å². The van der Waals surface area contributed by atoms with Crippen molar-refractivity contribution in [3.63, 3.8) is 0 Å². The van der Waals surface area contributed by atoms with Crippen LogP contribution in [0.3, 0.4) is 0 Å². The molecule has 144 valence electrons. The molecule has 2 aromatic carbocycles. The van der Waals surface area contributed by atoms with E-state index >= 15 is 0 Å². The number of anilines is 1. The number of ether oxygens (including phenoxy) is 1. The normalized spacial score (nSPS) is 15.1. The monoisotopic (exact) mass is 370 g/mol. The first-order chi connectivity index (χ1) is 13.2. The Morgan fingerprint density at radius 1 is 1.07 bits per heavy atom. The highest BCUT2D eigenvalue weighted by Crippen LogP contribution is 2.17. The maximum Gasteiger partial charge on any atom is 0.194 e. The molecule has 0 bridgehead atoms. The molecular weight excluding hydrogens is 343 g/mol. The third-order valence-corrected chi connectivity index (χ3v) is 4.74. The van der Waals surface area contributed by atoms with E-state index in [0.29, 0.717) is 6.61 Å². The minimum absolute atomic E-state index is 0.198. The van der Waals surface area contributed by atoms with Crippen LogP contribution in [0.25, 0.3) is 0 Å². The summed E-state index contributed by atoms with van der Waals surface area (Å²) in [7, 11) is 3.52. The second-order valence-electron chi connectivity index (χ2n) is 6.60. The fraction of sp³-hybridized carbons (Fsp3) is 0.381. The number of hydrogen-bond donors (Lipinski definition) is 1. The summed E-state index contributed by atoms with van der Waals surface area (Å²) in [6.45, 7) is 4.86. The van der Waals surface area contributed by atoms with E-state index in [4.69, 9.17) is 4.74 Å². The molecule has 0 aromatic heterocycles. The van der Waals surface area contributed by atoms with E-state index in [1.165, 1.54) is 23.3 Å². The molecule has 5 nitrogen and oxygen atoms in total. The van der Waals surface area contributed by atoms with E-state index in [0.717, 1.165) is 44.4 Å². The van der Waals surface area contributed by atoms with Crippen molar-refractivity contribution in [2.45, 2.75) is 13.2 Å². The Kier molecular flexibility index (Phi) is 6.65. The van der Waals surface area contributed by atoms with Crippen LogP contribution in [0.2, 0.25) is 0 Å². The van der Waals surface area contributed by atoms with Crippen molar-refractivity contribution in [3.05, 3.63) is 65.5 Å². The second kappa shape index (κ2) is 9.37. The van der Waals surface area contributed by atoms with Crippen LogP contribution in [0.4, 0.5) is 10.1 Å². The first kappa shape index (κ1) is 19.2. The Morgan fingerprint density at radius 2 is 1.78 bits per heavy atom. The summed E-state index contributed by atoms with van der Waals surface area (Å²) in [5.74, 6) is 0.711. The molecule has 1 saturated heterocycles. The van der Waals surface area contributed by atoms with Crippen molar-refractivity contribution >= 4 is 11.6 Å². The number of nitrogens with zero attached hydrogens (tertiary/aromatic N) is 3. The minimum Gasteiger partial charge on any atom is -0.380 e. The molecule has 27 heavy (non-hydrogen) atoms. The first-order valence-corrected chi connectivity index (χ1v) is 9.22. The molecule has 0 amide bonds. The summed E-state index contributed by atoms with van der Waals surface area (Å²) in [4.78, 5) is 8.97. The summed E-state index contributed by atoms with van der Waals surface area (Å²) < 4.78 is 18.3. The molecule has 1 N–H and O–H groups in total. The van der Waals surface area contributed by atoms with Gasteiger partial charge in [0, 0.05) is 52.6 Å². The zero-order chi connectivity index (χ0) is 19.1. The number of piperazine rings is 1. The average Bonchev–Trinajstić information content (AvgIpc) is 2.70. The van der Waals surface area contributed by atoms with E-state index in [9.17, 15) is 4.39 Å². The second-order valence-corrected chi connectivity index (χ2v) is 6.60. The number of benzene rings is 2. The third-order valence-electron chi connectivity index (χ3n) is 4.74. The van der Waals surface area contributed by atoms with Gasteiger partial charge in [0.2, 0.25) is 0 Å². The lowest BCUT2D eigenvalue weighted by molar-refractivity contribution is 0.185. The van der Waals surface area contributed by atoms with Gasteiger partial charge in [-0.15, -0.1) is 0 Å². The number of guanidine groups is 1. The predicted molar refractivity (Wildman–Crippen MR) is 108 cm³/mol. The van der Waals surface area contributed by atoms with Crippen LogP contribution in [0.1, 0.15) is 11.1 Å². The van der Waals surface area contributed by atoms with Gasteiger partial charge in [0.25, 0.3) is 0 Å². The van der Waals surface area contributed by atoms with E-state index in [2.05, 4.69) is 44.4 Å². The van der Waals surface area contributed by atoms with Gasteiger partial charge in [-0.05, 0) is 35.4 Å². The molecular formula is C21H27FN4O. The number of halogens is 1. The largest absolute Gasteiger partial charge is 0.380 e. The number of nitrogens with one attached hydrogen (secondary N) is 1. The number of aliphatic imine (C=N–C) groups is 1. The summed E-state index contributed by atoms with van der Waals surface area (Å²) in [6, 6.07) is 15.1. The number of methoxy groups -OCH3 is 1. The summed E-state index contributed by atoms with van der Waals surface area (Å²) in [6.07, 6.45) is 0. The Hall–Kier alpha value is -2.60. The Labute approximate surface area is 160 Å². The topological polar surface area (TPSA) is 40.1 Å². The van der Waals surface area contributed by atoms with Crippen molar-refractivity contribution in [2.24, 2.45) is 4.99 Å². The molecule has 0 radical (unpaired) electrons. The van der Waals surface area contributed by atoms with E-state index in [1.54, 1.807) is 7.11 Å². The Bertz CT molecular complexity index is 755. The molecule has 0 spiro atoms. The van der Waals surface area contributed by atoms with Gasteiger partial charge in [-0.25, -0.2) is 4.39 Å². The van der Waals surface area contributed by atoms with Gasteiger partial charge in [0.15, 0.2) is 5.96 Å². The zero-order valence-electron chi connectivity index (χ0n) is 16.0. The van der Waals surface area contributed by atoms with Crippen LogP contribution in [0, 0.1) is 5.82 Å². The SMILES string of the molecule is CN=C(NCc1cccc(COC)c1)N1CCN(c2ccc(F)cc2)CC1. The number of rotatable bonds is 5. The zero-order valence-corrected chi connectivity index (χ0v) is 16.0. The molecule has 1 fully saturated rings. The van der Waals surface area contributed by atoms with Crippen LogP contribution in [0.5, 0.6) is 0 Å². The van der Waals surface area contributed by atoms with Gasteiger partial charge in [0.1, 0.15) is 5.82 Å². The molecule has 0 atom stereocenters. The molecule has 1 heterocycles. The molecule has 0 unspecified atom stereocenters. The van der Waals surface area contributed by atoms with Crippen molar-refractivity contribution in [2.75, 3.05) is 45.2 Å². The van der Waals surface area contributed by atoms with Crippen LogP contribution >= 0.6 is 0 Å². The highest BCUT2D eigenvalue weighted by Gasteiger charge is 2.19. The molecule has 1 aliphatic rings. The maximum atomic E-state index is 13.1. The highest BCUT2D eigenvalue weighted by molar-refractivity contribution is 5.80. The van der Waals surface area contributed by atoms with Crippen molar-refractivity contribution < 1.29 is 9.13 Å². The molecule has 0 aliphatic carbocycles. The van der Waals surface area contributed by atoms with Gasteiger partial charge in [-0.3, -0.25) is 4.99 Å². The first-order valence-electron chi connectivity index (χ1n) is 9.22. The fourth-order valence-electron chi connectivity index (χ4n) is 3.34. The van der Waals surface area contributed by atoms with Crippen LogP contribution < -0.4 is 10.2 Å². The van der Waals surface area contributed by atoms with Crippen molar-refractivity contribution in [3.8, 4) is 0 Å². The molecule has 0 saturated carbocycles. The number of hydrogen-bond acceptors (Lipinski definition) is 3. The van der Waals surface area contributed by atoms with Gasteiger partial charge in [-0.1, -0.05) is 24.3 Å². The Balaban J connectivity index is 1.53. The van der Waals surface area contributed by atoms with E-state index in [-0.39, 0.29) is 5.82 Å². The van der Waals surface area contributed by atoms with Crippen molar-refractivity contribution in [1.29, 1.82) is 0 Å². The molecule has 1 aliphatic heterocycles. The van der Waals surface area contributed by atoms with Crippen LogP contribution in [-0.2, 0) is 17.9 Å². The lowest BCUT2D eigenvalue weighted by Crippen LogP contribution is -2.52. The lowest BCUT2D eigenvalue weighted by atomic mass is 10.1. The molecule has 2 aromatic rings. The minimum atomic E-state index is -0.198. The highest BCUT2D eigenvalue weighted by atomic mass is 19.1. The third kappa shape index (κ3) is 5.20. The van der Waals surface area contributed by atoms with Gasteiger partial charge < -0.3 is 19.9 Å². The van der Waals surface area contributed by atoms with Gasteiger partial charge >= 0.3 is 0 Å². The fourth-order valence-corrected chi connectivity index (χ4v) is 3.34. The summed E-state index contributed by atoms with van der Waals surface area (Å²) in [5, 5.41) is 3.45. The lowest BCUT2D eigenvalue weighted by Gasteiger charge is -2.37. The smallest absolute Gasteiger partial charge is 0.194 e. The summed E-state index contributed by atoms with van der Waals surface area (Å²) >= 11 is 0. The average molecular weight is 370 g/mol. The van der Waals surface area contributed by atoms with Crippen LogP contribution in [-0.4, -0.2) is 51.2 Å². The van der Waals surface area contributed by atoms with E-state index < -0.39 is 0 Å².